The van der Waals surface area contributed by atoms with Gasteiger partial charge in [0.2, 0.25) is 0 Å². The molecule has 0 N–H and O–H groups in total. The normalized spacial score (nSPS) is 13.0. The van der Waals surface area contributed by atoms with Crippen LogP contribution in [-0.4, -0.2) is 37.2 Å². The van der Waals surface area contributed by atoms with E-state index in [1.165, 1.54) is 83.5 Å². The Labute approximate surface area is 393 Å². The van der Waals surface area contributed by atoms with Crippen molar-refractivity contribution >= 4 is 17.9 Å². The molecule has 0 aromatic heterocycles. The second kappa shape index (κ2) is 51.7. The van der Waals surface area contributed by atoms with Crippen molar-refractivity contribution in [1.29, 1.82) is 0 Å². The van der Waals surface area contributed by atoms with Crippen LogP contribution in [0, 0.1) is 0 Å². The molecule has 0 radical (unpaired) electrons. The van der Waals surface area contributed by atoms with Crippen LogP contribution in [0.5, 0.6) is 0 Å². The number of ether oxygens (including phenoxy) is 3. The smallest absolute Gasteiger partial charge is 0.306 e. The summed E-state index contributed by atoms with van der Waals surface area (Å²) in [7, 11) is 0. The van der Waals surface area contributed by atoms with Gasteiger partial charge in [-0.2, -0.15) is 0 Å². The summed E-state index contributed by atoms with van der Waals surface area (Å²) >= 11 is 0. The van der Waals surface area contributed by atoms with Gasteiger partial charge in [0.15, 0.2) is 6.10 Å². The largest absolute Gasteiger partial charge is 0.462 e. The maximum absolute atomic E-state index is 12.8. The molecule has 0 heterocycles. The van der Waals surface area contributed by atoms with Crippen molar-refractivity contribution in [3.63, 3.8) is 0 Å². The van der Waals surface area contributed by atoms with Gasteiger partial charge in [0.05, 0.1) is 0 Å². The first-order valence-corrected chi connectivity index (χ1v) is 26.0. The number of carbonyl (C=O) groups excluding carboxylic acids is 3. The molecule has 0 aliphatic carbocycles. The Morgan fingerprint density at radius 2 is 0.625 bits per heavy atom. The molecular formula is C58H94O6. The van der Waals surface area contributed by atoms with Gasteiger partial charge >= 0.3 is 17.9 Å². The van der Waals surface area contributed by atoms with Gasteiger partial charge in [-0.15, -0.1) is 0 Å². The van der Waals surface area contributed by atoms with E-state index in [4.69, 9.17) is 14.2 Å². The lowest BCUT2D eigenvalue weighted by Crippen LogP contribution is -2.30. The fraction of sp³-hybridized carbons (Fsp3) is 0.638. The molecule has 1 unspecified atom stereocenters. The Bertz CT molecular complexity index is 1340. The predicted molar refractivity (Wildman–Crippen MR) is 274 cm³/mol. The number of unbranched alkanes of at least 4 members (excludes halogenated alkanes) is 22. The highest BCUT2D eigenvalue weighted by molar-refractivity contribution is 5.71. The minimum Gasteiger partial charge on any atom is -0.462 e. The molecular weight excluding hydrogens is 793 g/mol. The van der Waals surface area contributed by atoms with Gasteiger partial charge in [0.25, 0.3) is 0 Å². The van der Waals surface area contributed by atoms with Crippen LogP contribution >= 0.6 is 0 Å². The number of esters is 3. The van der Waals surface area contributed by atoms with Crippen molar-refractivity contribution in [3.8, 4) is 0 Å². The monoisotopic (exact) mass is 887 g/mol. The van der Waals surface area contributed by atoms with Crippen LogP contribution in [0.3, 0.4) is 0 Å². The minimum absolute atomic E-state index is 0.106. The average Bonchev–Trinajstić information content (AvgIpc) is 3.29. The van der Waals surface area contributed by atoms with E-state index in [-0.39, 0.29) is 37.5 Å². The highest BCUT2D eigenvalue weighted by Crippen LogP contribution is 2.14. The van der Waals surface area contributed by atoms with Gasteiger partial charge in [-0.3, -0.25) is 14.4 Å². The lowest BCUT2D eigenvalue weighted by atomic mass is 10.1. The predicted octanol–water partition coefficient (Wildman–Crippen LogP) is 17.1. The highest BCUT2D eigenvalue weighted by atomic mass is 16.6. The van der Waals surface area contributed by atoms with E-state index in [2.05, 4.69) is 81.5 Å². The summed E-state index contributed by atoms with van der Waals surface area (Å²) < 4.78 is 16.8. The first-order chi connectivity index (χ1) is 31.5. The topological polar surface area (TPSA) is 78.9 Å². The SMILES string of the molecule is CC\C=C/C=C\C=C/C=C\C=C/CCCCCC(=O)OC(COC(=O)CCCCCCC/C=C\CCCCCCCCC)COC(=O)CCCCCCCCC\C=C/C=C\C=C/CC. The van der Waals surface area contributed by atoms with Crippen molar-refractivity contribution < 1.29 is 28.6 Å². The molecule has 0 aliphatic rings. The quantitative estimate of drug-likeness (QED) is 0.0199. The number of rotatable bonds is 45. The zero-order valence-corrected chi connectivity index (χ0v) is 41.3. The van der Waals surface area contributed by atoms with E-state index in [9.17, 15) is 14.4 Å². The molecule has 64 heavy (non-hydrogen) atoms. The van der Waals surface area contributed by atoms with Crippen LogP contribution in [0.15, 0.2) is 109 Å². The maximum atomic E-state index is 12.8. The molecule has 0 saturated carbocycles. The molecule has 1 atom stereocenters. The summed E-state index contributed by atoms with van der Waals surface area (Å²) in [4.78, 5) is 38.0. The standard InChI is InChI=1S/C58H94O6/c1-4-7-10-13-16-19-22-25-28-31-33-36-39-42-45-48-51-57(60)63-54-55(64-58(61)52-49-46-43-40-37-34-30-27-24-21-18-15-12-9-6-3)53-62-56(59)50-47-44-41-38-35-32-29-26-23-20-17-14-11-8-5-2/h8-9,11-12,14-15,17-18,20-21,23-24,27-28,30-31,34,37,55H,4-7,10,13,16,19,22,25-26,29,32-33,35-36,38-54H2,1-3H3/b11-8-,12-9-,17-14-,18-15-,23-20-,24-21-,30-27-,31-28-,37-34-. The fourth-order valence-corrected chi connectivity index (χ4v) is 6.81. The first kappa shape index (κ1) is 60.1. The molecule has 0 aromatic carbocycles. The first-order valence-electron chi connectivity index (χ1n) is 26.0. The van der Waals surface area contributed by atoms with Crippen LogP contribution in [0.2, 0.25) is 0 Å². The summed E-state index contributed by atoms with van der Waals surface area (Å²) in [6.45, 7) is 6.30. The number of allylic oxidation sites excluding steroid dienone is 18. The lowest BCUT2D eigenvalue weighted by molar-refractivity contribution is -0.167. The van der Waals surface area contributed by atoms with E-state index in [1.807, 2.05) is 48.6 Å². The lowest BCUT2D eigenvalue weighted by Gasteiger charge is -2.18. The fourth-order valence-electron chi connectivity index (χ4n) is 6.81. The number of hydrogen-bond acceptors (Lipinski definition) is 6. The minimum atomic E-state index is -0.810. The van der Waals surface area contributed by atoms with Crippen molar-refractivity contribution in [1.82, 2.24) is 0 Å². The number of hydrogen-bond donors (Lipinski definition) is 0. The molecule has 0 aliphatic heterocycles. The van der Waals surface area contributed by atoms with Gasteiger partial charge in [0, 0.05) is 19.3 Å². The van der Waals surface area contributed by atoms with Crippen molar-refractivity contribution in [2.45, 2.75) is 226 Å². The molecule has 6 heteroatoms. The van der Waals surface area contributed by atoms with Gasteiger partial charge in [-0.1, -0.05) is 226 Å². The third-order valence-electron chi connectivity index (χ3n) is 10.7. The van der Waals surface area contributed by atoms with Crippen LogP contribution < -0.4 is 0 Å². The average molecular weight is 887 g/mol. The summed E-state index contributed by atoms with van der Waals surface area (Å²) in [6, 6.07) is 0. The summed E-state index contributed by atoms with van der Waals surface area (Å²) in [5.41, 5.74) is 0. The van der Waals surface area contributed by atoms with Crippen LogP contribution in [-0.2, 0) is 28.6 Å². The molecule has 6 nitrogen and oxygen atoms in total. The Hall–Kier alpha value is -3.93. The number of carbonyl (C=O) groups is 3. The van der Waals surface area contributed by atoms with E-state index in [1.54, 1.807) is 0 Å². The Kier molecular flexibility index (Phi) is 48.5. The Morgan fingerprint density at radius 3 is 1.02 bits per heavy atom. The highest BCUT2D eigenvalue weighted by Gasteiger charge is 2.19. The third-order valence-corrected chi connectivity index (χ3v) is 10.7. The van der Waals surface area contributed by atoms with E-state index in [0.717, 1.165) is 89.9 Å². The zero-order valence-electron chi connectivity index (χ0n) is 41.3. The van der Waals surface area contributed by atoms with Crippen molar-refractivity contribution in [2.24, 2.45) is 0 Å². The molecule has 0 amide bonds. The van der Waals surface area contributed by atoms with Crippen LogP contribution in [0.25, 0.3) is 0 Å². The zero-order chi connectivity index (χ0) is 46.5. The third kappa shape index (κ3) is 49.1. The molecule has 0 bridgehead atoms. The summed E-state index contributed by atoms with van der Waals surface area (Å²) in [5.74, 6) is -0.972. The Morgan fingerprint density at radius 1 is 0.328 bits per heavy atom. The van der Waals surface area contributed by atoms with Crippen molar-refractivity contribution in [2.75, 3.05) is 13.2 Å². The Balaban J connectivity index is 4.50. The summed E-state index contributed by atoms with van der Waals surface area (Å²) in [5, 5.41) is 0. The van der Waals surface area contributed by atoms with E-state index < -0.39 is 6.10 Å². The molecule has 0 aromatic rings. The van der Waals surface area contributed by atoms with Gasteiger partial charge in [-0.25, -0.2) is 0 Å². The van der Waals surface area contributed by atoms with Crippen LogP contribution in [0.1, 0.15) is 220 Å². The maximum Gasteiger partial charge on any atom is 0.306 e. The second-order valence-electron chi connectivity index (χ2n) is 16.8. The second-order valence-corrected chi connectivity index (χ2v) is 16.8. The van der Waals surface area contributed by atoms with Crippen molar-refractivity contribution in [3.05, 3.63) is 109 Å². The molecule has 0 rings (SSSR count). The van der Waals surface area contributed by atoms with Gasteiger partial charge in [0.1, 0.15) is 13.2 Å². The van der Waals surface area contributed by atoms with Gasteiger partial charge < -0.3 is 14.2 Å². The van der Waals surface area contributed by atoms with Crippen LogP contribution in [0.4, 0.5) is 0 Å². The van der Waals surface area contributed by atoms with E-state index >= 15 is 0 Å². The molecule has 0 saturated heterocycles. The molecule has 362 valence electrons. The molecule has 0 fully saturated rings. The van der Waals surface area contributed by atoms with E-state index in [0.29, 0.717) is 19.3 Å². The van der Waals surface area contributed by atoms with Gasteiger partial charge in [-0.05, 0) is 83.5 Å². The summed E-state index contributed by atoms with van der Waals surface area (Å²) in [6.07, 6.45) is 69.2. The molecule has 0 spiro atoms.